The van der Waals surface area contributed by atoms with Crippen molar-refractivity contribution in [2.45, 2.75) is 24.7 Å². The molecule has 0 spiro atoms. The summed E-state index contributed by atoms with van der Waals surface area (Å²) in [6, 6.07) is 38.2. The molecular weight excluding hydrogens is 628 g/mol. The number of rotatable bonds is 7. The summed E-state index contributed by atoms with van der Waals surface area (Å²) in [6.45, 7) is 3.98. The molecule has 5 aromatic carbocycles. The van der Waals surface area contributed by atoms with Gasteiger partial charge in [0, 0.05) is 12.1 Å². The maximum absolute atomic E-state index is 16.0. The van der Waals surface area contributed by atoms with E-state index in [1.165, 1.54) is 25.3 Å². The van der Waals surface area contributed by atoms with Crippen molar-refractivity contribution >= 4 is 40.1 Å². The molecule has 2 aliphatic carbocycles. The highest BCUT2D eigenvalue weighted by atomic mass is 16.6. The van der Waals surface area contributed by atoms with Crippen molar-refractivity contribution in [1.82, 2.24) is 0 Å². The van der Waals surface area contributed by atoms with E-state index in [1.807, 2.05) is 123 Å². The first-order chi connectivity index (χ1) is 24.2. The topological polar surface area (TPSA) is 107 Å². The molecule has 1 heterocycles. The molecule has 0 unspecified atom stereocenters. The average molecular weight is 661 g/mol. The van der Waals surface area contributed by atoms with E-state index in [2.05, 4.69) is 0 Å². The zero-order valence-corrected chi connectivity index (χ0v) is 27.6. The van der Waals surface area contributed by atoms with Crippen molar-refractivity contribution < 1.29 is 24.0 Å². The number of allylic oxidation sites excluding steroid dienone is 2. The number of nitrogens with zero attached hydrogens (tertiary/aromatic N) is 2. The molecule has 1 saturated heterocycles. The summed E-state index contributed by atoms with van der Waals surface area (Å²) in [5.74, 6) is -3.67. The number of benzene rings is 5. The fourth-order valence-corrected chi connectivity index (χ4v) is 8.77. The number of carbonyl (C=O) groups is 3. The molecule has 8 rings (SSSR count). The number of carbonyl (C=O) groups excluding carboxylic acids is 3. The Bertz CT molecular complexity index is 2140. The summed E-state index contributed by atoms with van der Waals surface area (Å²) in [7, 11) is 1.38. The highest BCUT2D eigenvalue weighted by molar-refractivity contribution is 6.39. The van der Waals surface area contributed by atoms with Crippen LogP contribution in [-0.4, -0.2) is 29.6 Å². The lowest BCUT2D eigenvalue weighted by molar-refractivity contribution is -0.384. The summed E-state index contributed by atoms with van der Waals surface area (Å²) in [6.07, 6.45) is 0. The Morgan fingerprint density at radius 2 is 1.08 bits per heavy atom. The van der Waals surface area contributed by atoms with Crippen molar-refractivity contribution in [1.29, 1.82) is 0 Å². The number of anilines is 1. The third-order valence-corrected chi connectivity index (χ3v) is 10.7. The molecule has 1 aliphatic heterocycles. The Labute approximate surface area is 288 Å². The van der Waals surface area contributed by atoms with Gasteiger partial charge in [0.15, 0.2) is 5.78 Å². The lowest BCUT2D eigenvalue weighted by atomic mass is 9.59. The first-order valence-corrected chi connectivity index (χ1v) is 16.4. The molecule has 2 bridgehead atoms. The first kappa shape index (κ1) is 31.1. The number of methoxy groups -OCH3 is 1. The molecule has 0 aromatic heterocycles. The Balaban J connectivity index is 1.54. The minimum Gasteiger partial charge on any atom is -0.495 e. The highest BCUT2D eigenvalue weighted by Crippen LogP contribution is 2.74. The minimum atomic E-state index is -1.59. The van der Waals surface area contributed by atoms with Crippen LogP contribution in [0.3, 0.4) is 0 Å². The second-order valence-corrected chi connectivity index (χ2v) is 13.2. The van der Waals surface area contributed by atoms with Gasteiger partial charge in [-0.15, -0.1) is 0 Å². The standard InChI is InChI=1S/C42H32N2O6/c1-25-14-18-27(19-15-25)34-35(28-20-16-26(2)17-21-28)42(30-12-8-5-9-13-30)37-36(41(34,40(42)47)29-10-6-4-7-11-29)38(45)43(39(37)46)32-24-31(44(48)49)22-23-33(32)50-3/h4-24,36-37H,1-3H3/t36-,37+,41-,42-/m0/s1. The zero-order valence-electron chi connectivity index (χ0n) is 27.6. The SMILES string of the molecule is COc1ccc([N+](=O)[O-])cc1N1C(=O)[C@@H]2[C@H](C1=O)[C@@]1(c3ccccc3)C(=O)[C@@]2(c2ccccc2)C(c2ccc(C)cc2)=C1c1ccc(C)cc1. The lowest BCUT2D eigenvalue weighted by Crippen LogP contribution is -2.45. The van der Waals surface area contributed by atoms with E-state index in [0.29, 0.717) is 22.3 Å². The molecular formula is C42H32N2O6. The summed E-state index contributed by atoms with van der Waals surface area (Å²) in [5.41, 5.74) is 2.64. The number of aryl methyl sites for hydroxylation is 2. The number of non-ortho nitro benzene ring substituents is 1. The molecule has 3 aliphatic rings. The van der Waals surface area contributed by atoms with Crippen molar-refractivity contribution in [2.75, 3.05) is 12.0 Å². The van der Waals surface area contributed by atoms with Gasteiger partial charge in [0.25, 0.3) is 5.69 Å². The van der Waals surface area contributed by atoms with E-state index >= 15 is 14.4 Å². The van der Waals surface area contributed by atoms with Crippen LogP contribution in [0.4, 0.5) is 11.4 Å². The van der Waals surface area contributed by atoms with Gasteiger partial charge in [0.1, 0.15) is 11.4 Å². The maximum Gasteiger partial charge on any atom is 0.271 e. The third-order valence-electron chi connectivity index (χ3n) is 10.7. The number of hydrogen-bond acceptors (Lipinski definition) is 6. The summed E-state index contributed by atoms with van der Waals surface area (Å²) >= 11 is 0. The fourth-order valence-electron chi connectivity index (χ4n) is 8.77. The van der Waals surface area contributed by atoms with Crippen LogP contribution in [0.1, 0.15) is 33.4 Å². The van der Waals surface area contributed by atoms with Crippen LogP contribution in [0, 0.1) is 35.8 Å². The Kier molecular flexibility index (Phi) is 6.98. The van der Waals surface area contributed by atoms with Crippen LogP contribution >= 0.6 is 0 Å². The van der Waals surface area contributed by atoms with Crippen molar-refractivity contribution in [3.63, 3.8) is 0 Å². The number of Topliss-reactive ketones (excluding diaryl/α,β-unsaturated/α-hetero) is 1. The molecule has 0 N–H and O–H groups in total. The second kappa shape index (κ2) is 11.2. The van der Waals surface area contributed by atoms with Crippen LogP contribution < -0.4 is 9.64 Å². The maximum atomic E-state index is 16.0. The van der Waals surface area contributed by atoms with Gasteiger partial charge in [0.05, 0.1) is 34.7 Å². The number of nitro benzene ring substituents is 1. The first-order valence-electron chi connectivity index (χ1n) is 16.4. The summed E-state index contributed by atoms with van der Waals surface area (Å²) in [4.78, 5) is 58.9. The zero-order chi connectivity index (χ0) is 34.9. The molecule has 50 heavy (non-hydrogen) atoms. The number of ketones is 1. The van der Waals surface area contributed by atoms with E-state index < -0.39 is 39.4 Å². The number of ether oxygens (including phenoxy) is 1. The van der Waals surface area contributed by atoms with Crippen LogP contribution in [0.15, 0.2) is 127 Å². The summed E-state index contributed by atoms with van der Waals surface area (Å²) < 4.78 is 5.58. The fraction of sp³-hybridized carbons (Fsp3) is 0.167. The van der Waals surface area contributed by atoms with E-state index in [-0.39, 0.29) is 22.9 Å². The van der Waals surface area contributed by atoms with Gasteiger partial charge < -0.3 is 4.74 Å². The van der Waals surface area contributed by atoms with Gasteiger partial charge in [-0.25, -0.2) is 4.90 Å². The van der Waals surface area contributed by atoms with Crippen molar-refractivity contribution in [2.24, 2.45) is 11.8 Å². The van der Waals surface area contributed by atoms with Gasteiger partial charge in [-0.1, -0.05) is 120 Å². The molecule has 2 amide bonds. The third kappa shape index (κ3) is 3.96. The van der Waals surface area contributed by atoms with E-state index in [1.54, 1.807) is 0 Å². The number of hydrogen-bond donors (Lipinski definition) is 0. The lowest BCUT2D eigenvalue weighted by Gasteiger charge is -2.39. The Morgan fingerprint density at radius 1 is 0.640 bits per heavy atom. The van der Waals surface area contributed by atoms with Crippen molar-refractivity contribution in [3.8, 4) is 5.75 Å². The number of nitro groups is 1. The van der Waals surface area contributed by atoms with E-state index in [0.717, 1.165) is 27.2 Å². The summed E-state index contributed by atoms with van der Waals surface area (Å²) in [5, 5.41) is 11.9. The molecule has 4 atom stereocenters. The molecule has 0 radical (unpaired) electrons. The van der Waals surface area contributed by atoms with Gasteiger partial charge in [-0.05, 0) is 53.3 Å². The molecule has 246 valence electrons. The molecule has 5 aromatic rings. The molecule has 8 heteroatoms. The van der Waals surface area contributed by atoms with Crippen molar-refractivity contribution in [3.05, 3.63) is 171 Å². The Morgan fingerprint density at radius 3 is 1.48 bits per heavy atom. The van der Waals surface area contributed by atoms with E-state index in [9.17, 15) is 10.1 Å². The quantitative estimate of drug-likeness (QED) is 0.102. The van der Waals surface area contributed by atoms with Gasteiger partial charge in [-0.2, -0.15) is 0 Å². The Hall–Kier alpha value is -6.15. The highest BCUT2D eigenvalue weighted by Gasteiger charge is 2.82. The largest absolute Gasteiger partial charge is 0.495 e. The number of imide groups is 1. The van der Waals surface area contributed by atoms with Crippen LogP contribution in [0.2, 0.25) is 0 Å². The van der Waals surface area contributed by atoms with E-state index in [4.69, 9.17) is 4.74 Å². The van der Waals surface area contributed by atoms with Gasteiger partial charge >= 0.3 is 0 Å². The van der Waals surface area contributed by atoms with Crippen LogP contribution in [-0.2, 0) is 25.2 Å². The predicted molar refractivity (Wildman–Crippen MR) is 190 cm³/mol. The monoisotopic (exact) mass is 660 g/mol. The number of amides is 2. The second-order valence-electron chi connectivity index (χ2n) is 13.2. The predicted octanol–water partition coefficient (Wildman–Crippen LogP) is 7.41. The molecule has 8 nitrogen and oxygen atoms in total. The van der Waals surface area contributed by atoms with Crippen LogP contribution in [0.25, 0.3) is 11.1 Å². The minimum absolute atomic E-state index is 0.0295. The average Bonchev–Trinajstić information content (AvgIpc) is 3.64. The number of fused-ring (bicyclic) bond motifs is 5. The van der Waals surface area contributed by atoms with Gasteiger partial charge in [-0.3, -0.25) is 24.5 Å². The molecule has 1 saturated carbocycles. The van der Waals surface area contributed by atoms with Gasteiger partial charge in [0.2, 0.25) is 11.8 Å². The van der Waals surface area contributed by atoms with Crippen LogP contribution in [0.5, 0.6) is 5.75 Å². The normalized spacial score (nSPS) is 23.8. The molecule has 2 fully saturated rings. The smallest absolute Gasteiger partial charge is 0.271 e.